The maximum atomic E-state index is 13.4. The Morgan fingerprint density at radius 3 is 2.12 bits per heavy atom. The van der Waals surface area contributed by atoms with Crippen molar-refractivity contribution in [1.29, 1.82) is 0 Å². The number of urea groups is 1. The van der Waals surface area contributed by atoms with Crippen LogP contribution in [0.25, 0.3) is 0 Å². The molecule has 1 aliphatic rings. The van der Waals surface area contributed by atoms with E-state index in [2.05, 4.69) is 20.9 Å². The zero-order valence-electron chi connectivity index (χ0n) is 18.9. The number of rotatable bonds is 6. The highest BCUT2D eigenvalue weighted by molar-refractivity contribution is 6.04. The number of benzene rings is 3. The van der Waals surface area contributed by atoms with Crippen LogP contribution in [-0.2, 0) is 0 Å². The van der Waals surface area contributed by atoms with Gasteiger partial charge in [0.15, 0.2) is 0 Å². The van der Waals surface area contributed by atoms with Crippen LogP contribution in [0.5, 0.6) is 0 Å². The number of carbonyl (C=O) groups excluding carboxylic acids is 2. The van der Waals surface area contributed by atoms with Gasteiger partial charge < -0.3 is 20.9 Å². The summed E-state index contributed by atoms with van der Waals surface area (Å²) in [6.45, 7) is 3.83. The van der Waals surface area contributed by atoms with Gasteiger partial charge in [-0.05, 0) is 62.1 Å². The van der Waals surface area contributed by atoms with E-state index in [0.29, 0.717) is 16.9 Å². The van der Waals surface area contributed by atoms with Crippen molar-refractivity contribution in [3.8, 4) is 0 Å². The molecule has 1 aliphatic heterocycles. The lowest BCUT2D eigenvalue weighted by Crippen LogP contribution is -2.33. The molecule has 6 nitrogen and oxygen atoms in total. The first-order valence-electron chi connectivity index (χ1n) is 11.5. The van der Waals surface area contributed by atoms with E-state index in [1.807, 2.05) is 79.7 Å². The molecule has 4 rings (SSSR count). The van der Waals surface area contributed by atoms with Gasteiger partial charge in [-0.25, -0.2) is 4.79 Å². The van der Waals surface area contributed by atoms with Gasteiger partial charge in [0.05, 0.1) is 11.6 Å². The second-order valence-corrected chi connectivity index (χ2v) is 8.33. The molecular weight excluding hydrogens is 412 g/mol. The Morgan fingerprint density at radius 2 is 1.42 bits per heavy atom. The van der Waals surface area contributed by atoms with Gasteiger partial charge in [0, 0.05) is 30.2 Å². The summed E-state index contributed by atoms with van der Waals surface area (Å²) in [7, 11) is 0. The second-order valence-electron chi connectivity index (χ2n) is 8.33. The molecule has 0 saturated carbocycles. The zero-order valence-corrected chi connectivity index (χ0v) is 18.9. The van der Waals surface area contributed by atoms with Gasteiger partial charge in [-0.1, -0.05) is 48.5 Å². The van der Waals surface area contributed by atoms with Gasteiger partial charge >= 0.3 is 6.03 Å². The van der Waals surface area contributed by atoms with Crippen LogP contribution in [0, 0.1) is 0 Å². The highest BCUT2D eigenvalue weighted by Crippen LogP contribution is 2.28. The van der Waals surface area contributed by atoms with Crippen LogP contribution in [0.1, 0.15) is 48.1 Å². The topological polar surface area (TPSA) is 73.5 Å². The predicted molar refractivity (Wildman–Crippen MR) is 134 cm³/mol. The van der Waals surface area contributed by atoms with Crippen LogP contribution in [0.3, 0.4) is 0 Å². The summed E-state index contributed by atoms with van der Waals surface area (Å²) in [4.78, 5) is 28.1. The van der Waals surface area contributed by atoms with E-state index in [1.165, 1.54) is 6.42 Å². The molecule has 1 fully saturated rings. The minimum Gasteiger partial charge on any atom is -0.371 e. The normalized spacial score (nSPS) is 14.3. The van der Waals surface area contributed by atoms with Gasteiger partial charge in [0.1, 0.15) is 0 Å². The third-order valence-electron chi connectivity index (χ3n) is 5.87. The summed E-state index contributed by atoms with van der Waals surface area (Å²) in [5.74, 6) is -0.154. The van der Waals surface area contributed by atoms with Crippen LogP contribution in [0.2, 0.25) is 0 Å². The Labute approximate surface area is 195 Å². The number of nitrogens with one attached hydrogen (secondary N) is 3. The summed E-state index contributed by atoms with van der Waals surface area (Å²) in [6.07, 6.45) is 3.43. The summed E-state index contributed by atoms with van der Waals surface area (Å²) in [5, 5.41) is 8.78. The molecule has 0 radical (unpaired) electrons. The Kier molecular flexibility index (Phi) is 7.25. The van der Waals surface area contributed by atoms with Crippen molar-refractivity contribution >= 4 is 29.0 Å². The Balaban J connectivity index is 1.55. The largest absolute Gasteiger partial charge is 0.371 e. The second kappa shape index (κ2) is 10.7. The highest BCUT2D eigenvalue weighted by Gasteiger charge is 2.21. The Bertz CT molecular complexity index is 1080. The summed E-state index contributed by atoms with van der Waals surface area (Å²) in [6, 6.07) is 24.2. The smallest absolute Gasteiger partial charge is 0.323 e. The van der Waals surface area contributed by atoms with Crippen molar-refractivity contribution in [3.05, 3.63) is 90.0 Å². The van der Waals surface area contributed by atoms with Crippen LogP contribution in [-0.4, -0.2) is 25.0 Å². The number of amides is 3. The third-order valence-corrected chi connectivity index (χ3v) is 5.87. The first kappa shape index (κ1) is 22.4. The lowest BCUT2D eigenvalue weighted by atomic mass is 10.0. The average Bonchev–Trinajstić information content (AvgIpc) is 2.85. The van der Waals surface area contributed by atoms with Gasteiger partial charge in [-0.2, -0.15) is 0 Å². The molecule has 3 aromatic rings. The number of nitrogens with zero attached hydrogens (tertiary/aromatic N) is 1. The average molecular weight is 443 g/mol. The molecule has 1 heterocycles. The molecular formula is C27H30N4O2. The lowest BCUT2D eigenvalue weighted by Gasteiger charge is -2.31. The molecule has 1 atom stereocenters. The molecule has 170 valence electrons. The number of hydrogen-bond acceptors (Lipinski definition) is 3. The predicted octanol–water partition coefficient (Wildman–Crippen LogP) is 5.81. The summed E-state index contributed by atoms with van der Waals surface area (Å²) in [5.41, 5.74) is 3.79. The van der Waals surface area contributed by atoms with Crippen molar-refractivity contribution < 1.29 is 9.59 Å². The molecule has 6 heteroatoms. The van der Waals surface area contributed by atoms with Crippen molar-refractivity contribution in [2.45, 2.75) is 32.2 Å². The SMILES string of the molecule is CC(NC(=O)c1cc(NC(=O)Nc2ccccc2)ccc1N1CCCCC1)c1ccccc1. The molecule has 0 aliphatic carbocycles. The molecule has 3 N–H and O–H groups in total. The van der Waals surface area contributed by atoms with Crippen LogP contribution >= 0.6 is 0 Å². The van der Waals surface area contributed by atoms with E-state index >= 15 is 0 Å². The van der Waals surface area contributed by atoms with Gasteiger partial charge in [0.25, 0.3) is 5.91 Å². The number of hydrogen-bond donors (Lipinski definition) is 3. The first-order valence-corrected chi connectivity index (χ1v) is 11.5. The van der Waals surface area contributed by atoms with Crippen LogP contribution in [0.4, 0.5) is 21.9 Å². The number of piperidine rings is 1. The molecule has 0 spiro atoms. The van der Waals surface area contributed by atoms with Crippen molar-refractivity contribution in [2.75, 3.05) is 28.6 Å². The summed E-state index contributed by atoms with van der Waals surface area (Å²) >= 11 is 0. The Morgan fingerprint density at radius 1 is 0.788 bits per heavy atom. The zero-order chi connectivity index (χ0) is 23.0. The monoisotopic (exact) mass is 442 g/mol. The number of anilines is 3. The fraction of sp³-hybridized carbons (Fsp3) is 0.259. The summed E-state index contributed by atoms with van der Waals surface area (Å²) < 4.78 is 0. The van der Waals surface area contributed by atoms with Crippen LogP contribution in [0.15, 0.2) is 78.9 Å². The highest BCUT2D eigenvalue weighted by atomic mass is 16.2. The van der Waals surface area contributed by atoms with Gasteiger partial charge in [-0.3, -0.25) is 4.79 Å². The maximum Gasteiger partial charge on any atom is 0.323 e. The van der Waals surface area contributed by atoms with E-state index in [-0.39, 0.29) is 18.0 Å². The molecule has 1 saturated heterocycles. The van der Waals surface area contributed by atoms with E-state index in [0.717, 1.165) is 37.2 Å². The molecule has 0 aromatic heterocycles. The molecule has 33 heavy (non-hydrogen) atoms. The minimum atomic E-state index is -0.351. The standard InChI is InChI=1S/C27H30N4O2/c1-20(21-11-5-2-6-12-21)28-26(32)24-19-23(15-16-25(24)31-17-9-4-10-18-31)30-27(33)29-22-13-7-3-8-14-22/h2-3,5-8,11-16,19-20H,4,9-10,17-18H2,1H3,(H,28,32)(H2,29,30,33). The van der Waals surface area contributed by atoms with Gasteiger partial charge in [-0.15, -0.1) is 0 Å². The molecule has 3 amide bonds. The molecule has 0 bridgehead atoms. The van der Waals surface area contributed by atoms with Crippen molar-refractivity contribution in [2.24, 2.45) is 0 Å². The first-order chi connectivity index (χ1) is 16.1. The number of para-hydroxylation sites is 1. The van der Waals surface area contributed by atoms with E-state index < -0.39 is 0 Å². The number of carbonyl (C=O) groups is 2. The quantitative estimate of drug-likeness (QED) is 0.451. The van der Waals surface area contributed by atoms with E-state index in [4.69, 9.17) is 0 Å². The van der Waals surface area contributed by atoms with Crippen LogP contribution < -0.4 is 20.9 Å². The van der Waals surface area contributed by atoms with E-state index in [1.54, 1.807) is 6.07 Å². The fourth-order valence-electron chi connectivity index (χ4n) is 4.12. The van der Waals surface area contributed by atoms with Gasteiger partial charge in [0.2, 0.25) is 0 Å². The minimum absolute atomic E-state index is 0.133. The maximum absolute atomic E-state index is 13.4. The molecule has 1 unspecified atom stereocenters. The Hall–Kier alpha value is -3.80. The lowest BCUT2D eigenvalue weighted by molar-refractivity contribution is 0.0940. The van der Waals surface area contributed by atoms with E-state index in [9.17, 15) is 9.59 Å². The molecule has 3 aromatic carbocycles. The van der Waals surface area contributed by atoms with Crippen molar-refractivity contribution in [1.82, 2.24) is 5.32 Å². The fourth-order valence-corrected chi connectivity index (χ4v) is 4.12. The third kappa shape index (κ3) is 5.92. The van der Waals surface area contributed by atoms with Crippen molar-refractivity contribution in [3.63, 3.8) is 0 Å².